The number of carbonyl (C=O) groups is 1. The van der Waals surface area contributed by atoms with E-state index in [2.05, 4.69) is 0 Å². The lowest BCUT2D eigenvalue weighted by atomic mass is 10.0. The first-order valence-corrected chi connectivity index (χ1v) is 4.72. The molecule has 8 nitrogen and oxygen atoms in total. The number of amides is 1. The molecule has 2 atom stereocenters. The van der Waals surface area contributed by atoms with Gasteiger partial charge in [0.15, 0.2) is 6.10 Å². The Morgan fingerprint density at radius 1 is 1.50 bits per heavy atom. The molecule has 0 fully saturated rings. The lowest BCUT2D eigenvalue weighted by Crippen LogP contribution is -2.33. The number of nitrogens with zero attached hydrogens (tertiary/aromatic N) is 2. The van der Waals surface area contributed by atoms with E-state index in [1.54, 1.807) is 6.07 Å². The molecule has 0 aliphatic carbocycles. The normalized spacial score (nSPS) is 13.4. The minimum atomic E-state index is -1.88. The van der Waals surface area contributed by atoms with Crippen LogP contribution >= 0.6 is 0 Å². The monoisotopic (exact) mass is 251 g/mol. The van der Waals surface area contributed by atoms with Gasteiger partial charge in [0.2, 0.25) is 5.91 Å². The molecule has 94 valence electrons. The third kappa shape index (κ3) is 2.60. The number of carbonyl (C=O) groups excluding carboxylic acids is 1. The Labute approximate surface area is 101 Å². The summed E-state index contributed by atoms with van der Waals surface area (Å²) < 4.78 is 0. The number of nitriles is 1. The van der Waals surface area contributed by atoms with Crippen LogP contribution in [0.15, 0.2) is 18.2 Å². The fourth-order valence-corrected chi connectivity index (χ4v) is 1.32. The van der Waals surface area contributed by atoms with E-state index in [0.29, 0.717) is 0 Å². The second-order valence-corrected chi connectivity index (χ2v) is 3.44. The summed E-state index contributed by atoms with van der Waals surface area (Å²) in [5, 5.41) is 38.1. The first-order valence-electron chi connectivity index (χ1n) is 4.72. The molecule has 0 spiro atoms. The van der Waals surface area contributed by atoms with Crippen molar-refractivity contribution in [3.05, 3.63) is 39.4 Å². The van der Waals surface area contributed by atoms with E-state index in [1.165, 1.54) is 6.07 Å². The molecule has 0 heterocycles. The van der Waals surface area contributed by atoms with Crippen molar-refractivity contribution < 1.29 is 19.9 Å². The highest BCUT2D eigenvalue weighted by Crippen LogP contribution is 2.25. The minimum Gasteiger partial charge on any atom is -0.385 e. The van der Waals surface area contributed by atoms with Crippen molar-refractivity contribution in [3.8, 4) is 6.07 Å². The van der Waals surface area contributed by atoms with Crippen molar-refractivity contribution in [2.45, 2.75) is 12.2 Å². The average Bonchev–Trinajstić information content (AvgIpc) is 2.35. The summed E-state index contributed by atoms with van der Waals surface area (Å²) in [6, 6.07) is 4.84. The molecule has 0 saturated carbocycles. The Morgan fingerprint density at radius 2 is 2.11 bits per heavy atom. The van der Waals surface area contributed by atoms with Gasteiger partial charge in [-0.15, -0.1) is 0 Å². The summed E-state index contributed by atoms with van der Waals surface area (Å²) >= 11 is 0. The predicted octanol–water partition coefficient (Wildman–Crippen LogP) is -0.654. The van der Waals surface area contributed by atoms with Crippen LogP contribution in [-0.2, 0) is 4.79 Å². The van der Waals surface area contributed by atoms with Crippen LogP contribution < -0.4 is 5.73 Å². The van der Waals surface area contributed by atoms with Crippen LogP contribution in [0.5, 0.6) is 0 Å². The fourth-order valence-electron chi connectivity index (χ4n) is 1.32. The van der Waals surface area contributed by atoms with E-state index in [-0.39, 0.29) is 11.1 Å². The number of primary amides is 1. The van der Waals surface area contributed by atoms with Crippen molar-refractivity contribution in [2.24, 2.45) is 5.73 Å². The maximum atomic E-state index is 10.7. The average molecular weight is 251 g/mol. The summed E-state index contributed by atoms with van der Waals surface area (Å²) in [7, 11) is 0. The smallest absolute Gasteiger partial charge is 0.287 e. The third-order valence-electron chi connectivity index (χ3n) is 2.27. The largest absolute Gasteiger partial charge is 0.385 e. The first-order chi connectivity index (χ1) is 8.38. The molecule has 0 saturated heterocycles. The Bertz CT molecular complexity index is 537. The molecule has 0 aromatic heterocycles. The molecule has 4 N–H and O–H groups in total. The number of nitro benzene ring substituents is 1. The van der Waals surface area contributed by atoms with E-state index in [0.717, 1.165) is 12.1 Å². The summed E-state index contributed by atoms with van der Waals surface area (Å²) in [5.74, 6) is -1.16. The predicted molar refractivity (Wildman–Crippen MR) is 58.0 cm³/mol. The molecular weight excluding hydrogens is 242 g/mol. The highest BCUT2D eigenvalue weighted by Gasteiger charge is 2.26. The quantitative estimate of drug-likeness (QED) is 0.477. The molecule has 0 bridgehead atoms. The maximum absolute atomic E-state index is 10.7. The molecule has 18 heavy (non-hydrogen) atoms. The van der Waals surface area contributed by atoms with Gasteiger partial charge >= 0.3 is 0 Å². The third-order valence-corrected chi connectivity index (χ3v) is 2.27. The molecule has 0 radical (unpaired) electrons. The topological polar surface area (TPSA) is 150 Å². The zero-order valence-corrected chi connectivity index (χ0v) is 8.98. The highest BCUT2D eigenvalue weighted by molar-refractivity contribution is 5.79. The molecule has 1 amide bonds. The second-order valence-electron chi connectivity index (χ2n) is 3.44. The van der Waals surface area contributed by atoms with Gasteiger partial charge in [-0.05, 0) is 11.6 Å². The SMILES string of the molecule is N#Cc1ccc(C(O)C(O)C(N)=O)cc1[N+](=O)[O-]. The Hall–Kier alpha value is -2.50. The summed E-state index contributed by atoms with van der Waals surface area (Å²) in [4.78, 5) is 20.6. The molecule has 0 aliphatic heterocycles. The minimum absolute atomic E-state index is 0.0769. The van der Waals surface area contributed by atoms with E-state index < -0.39 is 28.7 Å². The van der Waals surface area contributed by atoms with E-state index in [1.807, 2.05) is 0 Å². The van der Waals surface area contributed by atoms with Gasteiger partial charge in [-0.2, -0.15) is 5.26 Å². The molecule has 2 unspecified atom stereocenters. The van der Waals surface area contributed by atoms with Crippen molar-refractivity contribution in [2.75, 3.05) is 0 Å². The lowest BCUT2D eigenvalue weighted by Gasteiger charge is -2.14. The first kappa shape index (κ1) is 13.6. The molecule has 8 heteroatoms. The van der Waals surface area contributed by atoms with Gasteiger partial charge in [-0.1, -0.05) is 6.07 Å². The van der Waals surface area contributed by atoms with Crippen LogP contribution in [0.3, 0.4) is 0 Å². The summed E-state index contributed by atoms with van der Waals surface area (Å²) in [5.41, 5.74) is 4.00. The van der Waals surface area contributed by atoms with Crippen LogP contribution in [0, 0.1) is 21.4 Å². The van der Waals surface area contributed by atoms with Gasteiger partial charge in [0.05, 0.1) is 4.92 Å². The van der Waals surface area contributed by atoms with Crippen LogP contribution in [0.4, 0.5) is 5.69 Å². The highest BCUT2D eigenvalue weighted by atomic mass is 16.6. The van der Waals surface area contributed by atoms with E-state index in [9.17, 15) is 25.1 Å². The summed E-state index contributed by atoms with van der Waals surface area (Å²) in [6.45, 7) is 0. The number of aliphatic hydroxyl groups excluding tert-OH is 2. The number of rotatable bonds is 4. The maximum Gasteiger partial charge on any atom is 0.287 e. The molecule has 1 aromatic carbocycles. The van der Waals surface area contributed by atoms with Crippen LogP contribution in [-0.4, -0.2) is 27.1 Å². The number of hydrogen-bond donors (Lipinski definition) is 3. The van der Waals surface area contributed by atoms with Crippen LogP contribution in [0.2, 0.25) is 0 Å². The van der Waals surface area contributed by atoms with E-state index in [4.69, 9.17) is 11.0 Å². The van der Waals surface area contributed by atoms with Gasteiger partial charge in [0, 0.05) is 6.07 Å². The van der Waals surface area contributed by atoms with Gasteiger partial charge in [0.1, 0.15) is 17.7 Å². The van der Waals surface area contributed by atoms with Crippen molar-refractivity contribution in [1.82, 2.24) is 0 Å². The number of benzene rings is 1. The lowest BCUT2D eigenvalue weighted by molar-refractivity contribution is -0.385. The van der Waals surface area contributed by atoms with Crippen molar-refractivity contribution in [1.29, 1.82) is 5.26 Å². The van der Waals surface area contributed by atoms with Crippen molar-refractivity contribution >= 4 is 11.6 Å². The van der Waals surface area contributed by atoms with Gasteiger partial charge in [-0.25, -0.2) is 0 Å². The van der Waals surface area contributed by atoms with Gasteiger partial charge < -0.3 is 15.9 Å². The zero-order chi connectivity index (χ0) is 13.9. The Balaban J connectivity index is 3.21. The number of aliphatic hydroxyl groups is 2. The fraction of sp³-hybridized carbons (Fsp3) is 0.200. The van der Waals surface area contributed by atoms with Crippen LogP contribution in [0.25, 0.3) is 0 Å². The van der Waals surface area contributed by atoms with Gasteiger partial charge in [-0.3, -0.25) is 14.9 Å². The number of hydrogen-bond acceptors (Lipinski definition) is 6. The van der Waals surface area contributed by atoms with Crippen LogP contribution in [0.1, 0.15) is 17.2 Å². The standard InChI is InChI=1S/C10H9N3O5/c11-4-6-2-1-5(3-7(6)13(17)18)8(14)9(15)10(12)16/h1-3,8-9,14-15H,(H2,12,16). The number of nitro groups is 1. The molecule has 1 rings (SSSR count). The van der Waals surface area contributed by atoms with Crippen molar-refractivity contribution in [3.63, 3.8) is 0 Å². The Kier molecular flexibility index (Phi) is 3.93. The Morgan fingerprint density at radius 3 is 2.56 bits per heavy atom. The van der Waals surface area contributed by atoms with E-state index >= 15 is 0 Å². The zero-order valence-electron chi connectivity index (χ0n) is 8.98. The second kappa shape index (κ2) is 5.22. The molecule has 1 aromatic rings. The molecular formula is C10H9N3O5. The van der Waals surface area contributed by atoms with Gasteiger partial charge in [0.25, 0.3) is 5.69 Å². The summed E-state index contributed by atoms with van der Waals surface area (Å²) in [6.07, 6.45) is -3.56. The number of nitrogens with two attached hydrogens (primary N) is 1. The molecule has 0 aliphatic rings.